The highest BCUT2D eigenvalue weighted by molar-refractivity contribution is 5.99. The van der Waals surface area contributed by atoms with Crippen LogP contribution in [0, 0.1) is 0 Å². The summed E-state index contributed by atoms with van der Waals surface area (Å²) in [6.07, 6.45) is 1.81. The first-order valence-electron chi connectivity index (χ1n) is 4.47. The first kappa shape index (κ1) is 8.65. The molecule has 0 aromatic carbocycles. The van der Waals surface area contributed by atoms with Gasteiger partial charge in [-0.1, -0.05) is 0 Å². The summed E-state index contributed by atoms with van der Waals surface area (Å²) in [7, 11) is 0. The van der Waals surface area contributed by atoms with Crippen molar-refractivity contribution < 1.29 is 9.59 Å². The largest absolute Gasteiger partial charge is 0.328 e. The zero-order valence-corrected chi connectivity index (χ0v) is 7.32. The third kappa shape index (κ3) is 1.71. The molecule has 0 aromatic rings. The van der Waals surface area contributed by atoms with Crippen molar-refractivity contribution in [3.05, 3.63) is 0 Å². The Balaban J connectivity index is 1.92. The fourth-order valence-corrected chi connectivity index (χ4v) is 1.85. The van der Waals surface area contributed by atoms with Crippen LogP contribution in [0.1, 0.15) is 12.8 Å². The molecule has 1 heterocycles. The molecular formula is C8H13N3O2. The second-order valence-corrected chi connectivity index (χ2v) is 3.76. The fraction of sp³-hybridized carbons (Fsp3) is 0.750. The number of nitrogens with one attached hydrogen (secondary N) is 1. The lowest BCUT2D eigenvalue weighted by Gasteiger charge is -2.42. The molecule has 2 fully saturated rings. The lowest BCUT2D eigenvalue weighted by Crippen LogP contribution is -2.59. The van der Waals surface area contributed by atoms with E-state index >= 15 is 0 Å². The second kappa shape index (κ2) is 3.08. The minimum atomic E-state index is -0.197. The molecule has 3 N–H and O–H groups in total. The number of nitrogens with two attached hydrogens (primary N) is 1. The number of hydrogen-bond acceptors (Lipinski definition) is 4. The summed E-state index contributed by atoms with van der Waals surface area (Å²) in [6.45, 7) is 0.673. The van der Waals surface area contributed by atoms with Crippen molar-refractivity contribution >= 4 is 11.8 Å². The van der Waals surface area contributed by atoms with Gasteiger partial charge in [-0.3, -0.25) is 19.8 Å². The number of carbonyl (C=O) groups is 2. The van der Waals surface area contributed by atoms with Crippen LogP contribution in [-0.2, 0) is 9.59 Å². The Hall–Kier alpha value is -0.940. The maximum Gasteiger partial charge on any atom is 0.240 e. The van der Waals surface area contributed by atoms with Crippen LogP contribution in [0.2, 0.25) is 0 Å². The molecule has 5 heteroatoms. The lowest BCUT2D eigenvalue weighted by atomic mass is 9.86. The van der Waals surface area contributed by atoms with E-state index in [1.807, 2.05) is 4.90 Å². The molecule has 2 amide bonds. The van der Waals surface area contributed by atoms with Crippen molar-refractivity contribution in [3.63, 3.8) is 0 Å². The molecule has 2 rings (SSSR count). The number of hydrogen-bond donors (Lipinski definition) is 2. The highest BCUT2D eigenvalue weighted by Crippen LogP contribution is 2.24. The molecule has 0 radical (unpaired) electrons. The van der Waals surface area contributed by atoms with Gasteiger partial charge >= 0.3 is 0 Å². The minimum Gasteiger partial charge on any atom is -0.328 e. The molecule has 13 heavy (non-hydrogen) atoms. The molecule has 1 aliphatic heterocycles. The van der Waals surface area contributed by atoms with E-state index < -0.39 is 0 Å². The predicted octanol–water partition coefficient (Wildman–Crippen LogP) is -1.57. The Kier molecular flexibility index (Phi) is 2.05. The smallest absolute Gasteiger partial charge is 0.240 e. The fourth-order valence-electron chi connectivity index (χ4n) is 1.85. The van der Waals surface area contributed by atoms with Crippen molar-refractivity contribution in [1.82, 2.24) is 10.2 Å². The zero-order valence-electron chi connectivity index (χ0n) is 7.32. The number of imide groups is 1. The highest BCUT2D eigenvalue weighted by atomic mass is 16.2. The Bertz CT molecular complexity index is 232. The molecule has 1 saturated heterocycles. The van der Waals surface area contributed by atoms with Gasteiger partial charge < -0.3 is 5.73 Å². The minimum absolute atomic E-state index is 0.197. The molecule has 2 aliphatic rings. The van der Waals surface area contributed by atoms with Crippen LogP contribution in [0.4, 0.5) is 0 Å². The maximum absolute atomic E-state index is 11.0. The molecule has 0 bridgehead atoms. The number of piperazine rings is 1. The van der Waals surface area contributed by atoms with E-state index in [0.717, 1.165) is 12.8 Å². The van der Waals surface area contributed by atoms with Crippen LogP contribution in [-0.4, -0.2) is 41.9 Å². The van der Waals surface area contributed by atoms with Crippen LogP contribution in [0.15, 0.2) is 0 Å². The van der Waals surface area contributed by atoms with E-state index in [9.17, 15) is 9.59 Å². The summed E-state index contributed by atoms with van der Waals surface area (Å²) in [5.74, 6) is -0.395. The van der Waals surface area contributed by atoms with Gasteiger partial charge in [0, 0.05) is 12.1 Å². The average molecular weight is 183 g/mol. The van der Waals surface area contributed by atoms with Crippen LogP contribution < -0.4 is 11.1 Å². The van der Waals surface area contributed by atoms with Crippen LogP contribution in [0.25, 0.3) is 0 Å². The normalized spacial score (nSPS) is 35.5. The summed E-state index contributed by atoms with van der Waals surface area (Å²) in [5, 5.41) is 2.27. The molecule has 72 valence electrons. The summed E-state index contributed by atoms with van der Waals surface area (Å²) >= 11 is 0. The van der Waals surface area contributed by atoms with Crippen LogP contribution in [0.5, 0.6) is 0 Å². The van der Waals surface area contributed by atoms with Crippen molar-refractivity contribution in [2.75, 3.05) is 13.1 Å². The number of rotatable bonds is 1. The van der Waals surface area contributed by atoms with Crippen molar-refractivity contribution in [3.8, 4) is 0 Å². The second-order valence-electron chi connectivity index (χ2n) is 3.76. The van der Waals surface area contributed by atoms with E-state index in [1.165, 1.54) is 0 Å². The van der Waals surface area contributed by atoms with E-state index in [2.05, 4.69) is 5.32 Å². The summed E-state index contributed by atoms with van der Waals surface area (Å²) in [5.41, 5.74) is 5.63. The Morgan fingerprint density at radius 2 is 1.77 bits per heavy atom. The number of amides is 2. The topological polar surface area (TPSA) is 75.4 Å². The predicted molar refractivity (Wildman–Crippen MR) is 45.7 cm³/mol. The quantitative estimate of drug-likeness (QED) is 0.482. The Labute approximate surface area is 76.3 Å². The third-order valence-corrected chi connectivity index (χ3v) is 2.64. The molecule has 1 aliphatic carbocycles. The number of carbonyl (C=O) groups excluding carboxylic acids is 2. The number of nitrogens with zero attached hydrogens (tertiary/aromatic N) is 1. The first-order valence-corrected chi connectivity index (χ1v) is 4.47. The van der Waals surface area contributed by atoms with Gasteiger partial charge in [-0.2, -0.15) is 0 Å². The Morgan fingerprint density at radius 3 is 2.23 bits per heavy atom. The van der Waals surface area contributed by atoms with E-state index in [4.69, 9.17) is 5.73 Å². The standard InChI is InChI=1S/C8H13N3O2/c9-5-1-6(2-5)11-3-7(12)10-8(13)4-11/h5-6H,1-4,9H2,(H,10,12,13). The van der Waals surface area contributed by atoms with Crippen molar-refractivity contribution in [1.29, 1.82) is 0 Å². The maximum atomic E-state index is 11.0. The molecule has 0 atom stereocenters. The van der Waals surface area contributed by atoms with Crippen LogP contribution in [0.3, 0.4) is 0 Å². The van der Waals surface area contributed by atoms with Crippen molar-refractivity contribution in [2.24, 2.45) is 5.73 Å². The first-order chi connectivity index (χ1) is 6.15. The molecule has 5 nitrogen and oxygen atoms in total. The SMILES string of the molecule is NC1CC(N2CC(=O)NC(=O)C2)C1. The average Bonchev–Trinajstić information content (AvgIpc) is 1.96. The zero-order chi connectivity index (χ0) is 9.42. The molecule has 1 saturated carbocycles. The van der Waals surface area contributed by atoms with Gasteiger partial charge in [0.15, 0.2) is 0 Å². The van der Waals surface area contributed by atoms with Gasteiger partial charge in [-0.05, 0) is 12.8 Å². The van der Waals surface area contributed by atoms with E-state index in [0.29, 0.717) is 19.1 Å². The van der Waals surface area contributed by atoms with Gasteiger partial charge in [-0.15, -0.1) is 0 Å². The summed E-state index contributed by atoms with van der Waals surface area (Å²) < 4.78 is 0. The van der Waals surface area contributed by atoms with Gasteiger partial charge in [0.25, 0.3) is 0 Å². The Morgan fingerprint density at radius 1 is 1.23 bits per heavy atom. The summed E-state index contributed by atoms with van der Waals surface area (Å²) in [6, 6.07) is 0.593. The molecule has 0 unspecified atom stereocenters. The van der Waals surface area contributed by atoms with Crippen molar-refractivity contribution in [2.45, 2.75) is 24.9 Å². The lowest BCUT2D eigenvalue weighted by molar-refractivity contribution is -0.138. The third-order valence-electron chi connectivity index (χ3n) is 2.64. The van der Waals surface area contributed by atoms with Gasteiger partial charge in [0.2, 0.25) is 11.8 Å². The van der Waals surface area contributed by atoms with E-state index in [1.54, 1.807) is 0 Å². The highest BCUT2D eigenvalue weighted by Gasteiger charge is 2.35. The molecule has 0 spiro atoms. The van der Waals surface area contributed by atoms with Gasteiger partial charge in [0.1, 0.15) is 0 Å². The molecule has 0 aromatic heterocycles. The van der Waals surface area contributed by atoms with E-state index in [-0.39, 0.29) is 17.9 Å². The monoisotopic (exact) mass is 183 g/mol. The molecular weight excluding hydrogens is 170 g/mol. The summed E-state index contributed by atoms with van der Waals surface area (Å²) in [4.78, 5) is 23.9. The van der Waals surface area contributed by atoms with Gasteiger partial charge in [0.05, 0.1) is 13.1 Å². The van der Waals surface area contributed by atoms with Crippen LogP contribution >= 0.6 is 0 Å². The van der Waals surface area contributed by atoms with Gasteiger partial charge in [-0.25, -0.2) is 0 Å².